The second-order valence-corrected chi connectivity index (χ2v) is 9.93. The van der Waals surface area contributed by atoms with Crippen molar-refractivity contribution >= 4 is 12.2 Å². The molecule has 2 aromatic carbocycles. The molecule has 0 aromatic heterocycles. The summed E-state index contributed by atoms with van der Waals surface area (Å²) < 4.78 is 6.03. The summed E-state index contributed by atoms with van der Waals surface area (Å²) in [4.78, 5) is 23.8. The molecule has 0 saturated heterocycles. The van der Waals surface area contributed by atoms with Crippen molar-refractivity contribution in [3.05, 3.63) is 151 Å². The molecule has 2 unspecified atom stereocenters. The molecule has 200 valence electrons. The highest BCUT2D eigenvalue weighted by Gasteiger charge is 2.57. The number of benzene rings is 2. The molecular weight excluding hydrogens is 492 g/mol. The lowest BCUT2D eigenvalue weighted by Gasteiger charge is -2.34. The molecule has 2 aliphatic carbocycles. The zero-order valence-corrected chi connectivity index (χ0v) is 22.2. The molecule has 0 spiro atoms. The SMILES string of the molecule is CC1=C(CC=Cc2ccccc2)CC(OC2([N+](=O)[O-])C=CC(C)=C(CC=Cc3ccccc3)C2)([N+](=O)[O-])C=C1. The summed E-state index contributed by atoms with van der Waals surface area (Å²) in [6, 6.07) is 19.5. The molecule has 7 heteroatoms. The van der Waals surface area contributed by atoms with Gasteiger partial charge in [-0.05, 0) is 37.8 Å². The van der Waals surface area contributed by atoms with Gasteiger partial charge in [0.05, 0.1) is 22.7 Å². The fourth-order valence-electron chi connectivity index (χ4n) is 4.80. The summed E-state index contributed by atoms with van der Waals surface area (Å²) in [7, 11) is 0. The molecule has 0 radical (unpaired) electrons. The van der Waals surface area contributed by atoms with Crippen LogP contribution in [-0.4, -0.2) is 21.3 Å². The van der Waals surface area contributed by atoms with Crippen LogP contribution in [0.5, 0.6) is 0 Å². The number of hydrogen-bond acceptors (Lipinski definition) is 5. The van der Waals surface area contributed by atoms with Gasteiger partial charge in [-0.1, -0.05) is 119 Å². The molecule has 0 bridgehead atoms. The molecule has 0 N–H and O–H groups in total. The minimum absolute atomic E-state index is 0.0726. The average molecular weight is 525 g/mol. The van der Waals surface area contributed by atoms with E-state index in [0.29, 0.717) is 12.8 Å². The van der Waals surface area contributed by atoms with Gasteiger partial charge in [0.25, 0.3) is 0 Å². The number of ether oxygens (including phenoxy) is 1. The summed E-state index contributed by atoms with van der Waals surface area (Å²) in [5.41, 5.74) is 1.33. The number of allylic oxidation sites excluding steroid dienone is 6. The van der Waals surface area contributed by atoms with Crippen LogP contribution in [0.2, 0.25) is 0 Å². The Morgan fingerprint density at radius 2 is 1.10 bits per heavy atom. The van der Waals surface area contributed by atoms with Crippen LogP contribution in [0.15, 0.2) is 119 Å². The van der Waals surface area contributed by atoms with Gasteiger partial charge in [0.15, 0.2) is 0 Å². The van der Waals surface area contributed by atoms with Crippen molar-refractivity contribution in [3.63, 3.8) is 0 Å². The Morgan fingerprint density at radius 3 is 1.46 bits per heavy atom. The van der Waals surface area contributed by atoms with E-state index in [1.165, 1.54) is 12.2 Å². The van der Waals surface area contributed by atoms with E-state index in [-0.39, 0.29) is 12.8 Å². The molecule has 2 aliphatic rings. The third kappa shape index (κ3) is 6.56. The average Bonchev–Trinajstić information content (AvgIpc) is 2.93. The quantitative estimate of drug-likeness (QED) is 0.180. The highest BCUT2D eigenvalue weighted by atomic mass is 16.7. The Labute approximate surface area is 228 Å². The van der Waals surface area contributed by atoms with E-state index in [4.69, 9.17) is 4.74 Å². The van der Waals surface area contributed by atoms with E-state index in [0.717, 1.165) is 33.4 Å². The van der Waals surface area contributed by atoms with Gasteiger partial charge in [-0.15, -0.1) is 0 Å². The zero-order chi connectivity index (χ0) is 27.9. The molecule has 2 aromatic rings. The predicted molar refractivity (Wildman–Crippen MR) is 154 cm³/mol. The number of rotatable bonds is 10. The molecule has 0 fully saturated rings. The van der Waals surface area contributed by atoms with Crippen LogP contribution in [0.25, 0.3) is 12.2 Å². The van der Waals surface area contributed by atoms with Crippen molar-refractivity contribution in [2.45, 2.75) is 51.0 Å². The topological polar surface area (TPSA) is 95.5 Å². The highest BCUT2D eigenvalue weighted by Crippen LogP contribution is 2.41. The maximum atomic E-state index is 12.5. The van der Waals surface area contributed by atoms with E-state index < -0.39 is 21.3 Å². The monoisotopic (exact) mass is 524 g/mol. The van der Waals surface area contributed by atoms with Gasteiger partial charge in [0.2, 0.25) is 0 Å². The first-order chi connectivity index (χ1) is 18.7. The smallest absolute Gasteiger partial charge is 0.261 e. The summed E-state index contributed by atoms with van der Waals surface area (Å²) in [6.07, 6.45) is 14.6. The standard InChI is InChI=1S/C32H32N2O5/c1-25-19-21-31(33(35)36,23-29(25)17-9-15-27-11-5-3-6-12-27)39-32(34(37)38)22-20-26(2)30(24-32)18-10-16-28-13-7-4-8-14-28/h3-16,19-22H,17-18,23-24H2,1-2H3. The van der Waals surface area contributed by atoms with Crippen LogP contribution in [0.3, 0.4) is 0 Å². The van der Waals surface area contributed by atoms with Gasteiger partial charge in [-0.25, -0.2) is 4.74 Å². The van der Waals surface area contributed by atoms with Crippen molar-refractivity contribution in [2.24, 2.45) is 0 Å². The second-order valence-electron chi connectivity index (χ2n) is 9.93. The highest BCUT2D eigenvalue weighted by molar-refractivity contribution is 5.50. The Hall–Kier alpha value is -4.36. The lowest BCUT2D eigenvalue weighted by atomic mass is 9.87. The number of nitrogens with zero attached hydrogens (tertiary/aromatic N) is 2. The molecule has 4 rings (SSSR count). The number of nitro groups is 2. The van der Waals surface area contributed by atoms with E-state index in [1.807, 2.05) is 98.8 Å². The number of hydrogen-bond donors (Lipinski definition) is 0. The third-order valence-corrected chi connectivity index (χ3v) is 7.16. The Kier molecular flexibility index (Phi) is 8.52. The predicted octanol–water partition coefficient (Wildman–Crippen LogP) is 7.71. The third-order valence-electron chi connectivity index (χ3n) is 7.16. The second kappa shape index (κ2) is 12.0. The first-order valence-corrected chi connectivity index (χ1v) is 12.9. The molecule has 2 atom stereocenters. The normalized spacial score (nSPS) is 23.2. The van der Waals surface area contributed by atoms with Crippen molar-refractivity contribution in [1.82, 2.24) is 0 Å². The van der Waals surface area contributed by atoms with Gasteiger partial charge in [-0.3, -0.25) is 20.2 Å². The minimum atomic E-state index is -2.05. The summed E-state index contributed by atoms with van der Waals surface area (Å²) in [6.45, 7) is 3.78. The van der Waals surface area contributed by atoms with Gasteiger partial charge < -0.3 is 0 Å². The van der Waals surface area contributed by atoms with Crippen LogP contribution in [-0.2, 0) is 4.74 Å². The van der Waals surface area contributed by atoms with Gasteiger partial charge in [-0.2, -0.15) is 0 Å². The largest absolute Gasteiger partial charge is 0.354 e. The Morgan fingerprint density at radius 1 is 0.718 bits per heavy atom. The Bertz CT molecular complexity index is 1300. The summed E-state index contributed by atoms with van der Waals surface area (Å²) >= 11 is 0. The van der Waals surface area contributed by atoms with Crippen LogP contribution >= 0.6 is 0 Å². The Balaban J connectivity index is 1.55. The fourth-order valence-corrected chi connectivity index (χ4v) is 4.80. The first-order valence-electron chi connectivity index (χ1n) is 12.9. The molecular formula is C32H32N2O5. The molecule has 0 heterocycles. The molecule has 0 aliphatic heterocycles. The van der Waals surface area contributed by atoms with Crippen molar-refractivity contribution in [3.8, 4) is 0 Å². The van der Waals surface area contributed by atoms with Gasteiger partial charge >= 0.3 is 11.4 Å². The van der Waals surface area contributed by atoms with Crippen LogP contribution in [0.1, 0.15) is 50.7 Å². The van der Waals surface area contributed by atoms with E-state index >= 15 is 0 Å². The molecule has 7 nitrogen and oxygen atoms in total. The van der Waals surface area contributed by atoms with Crippen LogP contribution in [0.4, 0.5) is 0 Å². The van der Waals surface area contributed by atoms with Crippen molar-refractivity contribution < 1.29 is 14.6 Å². The summed E-state index contributed by atoms with van der Waals surface area (Å²) in [5, 5.41) is 24.9. The molecule has 0 amide bonds. The maximum Gasteiger partial charge on any atom is 0.354 e. The lowest BCUT2D eigenvalue weighted by molar-refractivity contribution is -0.692. The van der Waals surface area contributed by atoms with Gasteiger partial charge in [0.1, 0.15) is 0 Å². The van der Waals surface area contributed by atoms with Gasteiger partial charge in [0, 0.05) is 12.2 Å². The fraction of sp³-hybridized carbons (Fsp3) is 0.250. The summed E-state index contributed by atoms with van der Waals surface area (Å²) in [5.74, 6) is 0. The zero-order valence-electron chi connectivity index (χ0n) is 22.2. The van der Waals surface area contributed by atoms with Crippen LogP contribution < -0.4 is 0 Å². The maximum absolute atomic E-state index is 12.5. The molecule has 0 saturated carbocycles. The lowest BCUT2D eigenvalue weighted by Crippen LogP contribution is -2.53. The molecule has 39 heavy (non-hydrogen) atoms. The van der Waals surface area contributed by atoms with E-state index in [9.17, 15) is 20.2 Å². The van der Waals surface area contributed by atoms with E-state index in [2.05, 4.69) is 0 Å². The first kappa shape index (κ1) is 27.7. The van der Waals surface area contributed by atoms with Crippen molar-refractivity contribution in [1.29, 1.82) is 0 Å². The van der Waals surface area contributed by atoms with Crippen molar-refractivity contribution in [2.75, 3.05) is 0 Å². The van der Waals surface area contributed by atoms with E-state index in [1.54, 1.807) is 12.2 Å². The van der Waals surface area contributed by atoms with Crippen LogP contribution in [0, 0.1) is 20.2 Å². The minimum Gasteiger partial charge on any atom is -0.261 e.